The van der Waals surface area contributed by atoms with Crippen molar-refractivity contribution in [2.45, 2.75) is 19.8 Å². The van der Waals surface area contributed by atoms with E-state index in [0.717, 1.165) is 12.1 Å². The van der Waals surface area contributed by atoms with Crippen molar-refractivity contribution in [3.8, 4) is 11.8 Å². The number of benzene rings is 2. The number of carboxylic acid groups (broad SMARTS) is 1. The zero-order valence-electron chi connectivity index (χ0n) is 17.3. The van der Waals surface area contributed by atoms with E-state index in [4.69, 9.17) is 5.11 Å². The van der Waals surface area contributed by atoms with Crippen LogP contribution in [0.3, 0.4) is 0 Å². The number of hydrogen-bond acceptors (Lipinski definition) is 4. The standard InChI is InChI=1S/C23H18F3N3O4/c1-2-29(17-7-9-18(10-8-17)33-23(24,25)26)22(32)15(12-27)11-16-13-28(14-21(30)31)20-6-4-3-5-19(16)20/h3-11,13H,2,14H2,1H3,(H,30,31). The van der Waals surface area contributed by atoms with Crippen molar-refractivity contribution >= 4 is 34.5 Å². The van der Waals surface area contributed by atoms with Crippen LogP contribution in [0.1, 0.15) is 12.5 Å². The van der Waals surface area contributed by atoms with Crippen molar-refractivity contribution in [3.63, 3.8) is 0 Å². The van der Waals surface area contributed by atoms with Gasteiger partial charge in [0.1, 0.15) is 23.9 Å². The first-order valence-corrected chi connectivity index (χ1v) is 9.72. The minimum absolute atomic E-state index is 0.151. The second-order valence-corrected chi connectivity index (χ2v) is 6.88. The third-order valence-corrected chi connectivity index (χ3v) is 4.72. The van der Waals surface area contributed by atoms with Gasteiger partial charge in [-0.3, -0.25) is 9.59 Å². The van der Waals surface area contributed by atoms with E-state index in [1.807, 2.05) is 6.07 Å². The molecule has 0 atom stereocenters. The Morgan fingerprint density at radius 1 is 1.18 bits per heavy atom. The number of aromatic nitrogens is 1. The summed E-state index contributed by atoms with van der Waals surface area (Å²) < 4.78 is 42.5. The van der Waals surface area contributed by atoms with Gasteiger partial charge < -0.3 is 19.3 Å². The van der Waals surface area contributed by atoms with E-state index in [2.05, 4.69) is 4.74 Å². The fourth-order valence-corrected chi connectivity index (χ4v) is 3.38. The highest BCUT2D eigenvalue weighted by molar-refractivity contribution is 6.12. The molecule has 3 aromatic rings. The van der Waals surface area contributed by atoms with E-state index in [1.54, 1.807) is 37.4 Å². The zero-order chi connectivity index (χ0) is 24.2. The molecule has 0 aliphatic rings. The van der Waals surface area contributed by atoms with Crippen LogP contribution in [0.2, 0.25) is 0 Å². The van der Waals surface area contributed by atoms with Crippen LogP contribution in [0.5, 0.6) is 5.75 Å². The van der Waals surface area contributed by atoms with Gasteiger partial charge in [-0.25, -0.2) is 0 Å². The highest BCUT2D eigenvalue weighted by atomic mass is 19.4. The number of para-hydroxylation sites is 1. The molecule has 170 valence electrons. The molecular weight excluding hydrogens is 439 g/mol. The van der Waals surface area contributed by atoms with Gasteiger partial charge in [0.05, 0.1) is 0 Å². The van der Waals surface area contributed by atoms with Gasteiger partial charge in [-0.15, -0.1) is 13.2 Å². The highest BCUT2D eigenvalue weighted by Crippen LogP contribution is 2.27. The number of halogens is 3. The lowest BCUT2D eigenvalue weighted by molar-refractivity contribution is -0.274. The number of amides is 1. The van der Waals surface area contributed by atoms with Crippen LogP contribution < -0.4 is 9.64 Å². The number of anilines is 1. The van der Waals surface area contributed by atoms with Crippen LogP contribution in [0.25, 0.3) is 17.0 Å². The van der Waals surface area contributed by atoms with E-state index in [1.165, 1.54) is 27.7 Å². The number of aliphatic carboxylic acids is 1. The Labute approximate surface area is 186 Å². The van der Waals surface area contributed by atoms with E-state index < -0.39 is 24.0 Å². The van der Waals surface area contributed by atoms with Crippen molar-refractivity contribution in [1.82, 2.24) is 4.57 Å². The maximum atomic E-state index is 13.1. The summed E-state index contributed by atoms with van der Waals surface area (Å²) in [6, 6.07) is 13.6. The normalized spacial score (nSPS) is 11.8. The average Bonchev–Trinajstić information content (AvgIpc) is 3.09. The summed E-state index contributed by atoms with van der Waals surface area (Å²) in [5, 5.41) is 19.4. The summed E-state index contributed by atoms with van der Waals surface area (Å²) in [5.74, 6) is -2.13. The van der Waals surface area contributed by atoms with Crippen LogP contribution in [-0.4, -0.2) is 34.5 Å². The van der Waals surface area contributed by atoms with Gasteiger partial charge in [0.2, 0.25) is 0 Å². The lowest BCUT2D eigenvalue weighted by Gasteiger charge is -2.21. The molecule has 2 aromatic carbocycles. The molecule has 10 heteroatoms. The Hall–Kier alpha value is -4.26. The molecule has 0 bridgehead atoms. The molecule has 1 heterocycles. The molecule has 1 amide bonds. The third kappa shape index (κ3) is 5.51. The van der Waals surface area contributed by atoms with Crippen molar-refractivity contribution < 1.29 is 32.6 Å². The molecule has 0 fully saturated rings. The lowest BCUT2D eigenvalue weighted by Crippen LogP contribution is -2.31. The van der Waals surface area contributed by atoms with Crippen LogP contribution in [0.4, 0.5) is 18.9 Å². The SMILES string of the molecule is CCN(C(=O)C(C#N)=Cc1cn(CC(=O)O)c2ccccc12)c1ccc(OC(F)(F)F)cc1. The van der Waals surface area contributed by atoms with Gasteiger partial charge >= 0.3 is 12.3 Å². The molecule has 0 radical (unpaired) electrons. The largest absolute Gasteiger partial charge is 0.573 e. The fourth-order valence-electron chi connectivity index (χ4n) is 3.38. The summed E-state index contributed by atoms with van der Waals surface area (Å²) in [6.07, 6.45) is -1.92. The van der Waals surface area contributed by atoms with Crippen LogP contribution in [0.15, 0.2) is 60.3 Å². The number of rotatable bonds is 7. The van der Waals surface area contributed by atoms with Gasteiger partial charge in [-0.1, -0.05) is 18.2 Å². The van der Waals surface area contributed by atoms with Crippen LogP contribution in [-0.2, 0) is 16.1 Å². The zero-order valence-corrected chi connectivity index (χ0v) is 17.3. The minimum atomic E-state index is -4.84. The Morgan fingerprint density at radius 2 is 1.85 bits per heavy atom. The summed E-state index contributed by atoms with van der Waals surface area (Å²) in [7, 11) is 0. The van der Waals surface area contributed by atoms with Crippen LogP contribution >= 0.6 is 0 Å². The predicted octanol–water partition coefficient (Wildman–Crippen LogP) is 4.58. The second kappa shape index (κ2) is 9.48. The topological polar surface area (TPSA) is 95.6 Å². The van der Waals surface area contributed by atoms with Crippen molar-refractivity contribution in [3.05, 3.63) is 65.9 Å². The molecule has 33 heavy (non-hydrogen) atoms. The smallest absolute Gasteiger partial charge is 0.480 e. The predicted molar refractivity (Wildman–Crippen MR) is 114 cm³/mol. The molecule has 0 saturated carbocycles. The maximum Gasteiger partial charge on any atom is 0.573 e. The Bertz CT molecular complexity index is 1250. The number of alkyl halides is 3. The number of carbonyl (C=O) groups is 2. The van der Waals surface area contributed by atoms with Crippen LogP contribution in [0, 0.1) is 11.3 Å². The van der Waals surface area contributed by atoms with Gasteiger partial charge in [0.15, 0.2) is 0 Å². The first-order valence-electron chi connectivity index (χ1n) is 9.72. The van der Waals surface area contributed by atoms with Gasteiger partial charge in [-0.2, -0.15) is 5.26 Å². The molecule has 0 unspecified atom stereocenters. The van der Waals surface area contributed by atoms with Gasteiger partial charge in [-0.05, 0) is 43.3 Å². The van der Waals surface area contributed by atoms with Gasteiger partial charge in [0, 0.05) is 34.9 Å². The molecule has 1 N–H and O–H groups in total. The maximum absolute atomic E-state index is 13.1. The third-order valence-electron chi connectivity index (χ3n) is 4.72. The van der Waals surface area contributed by atoms with E-state index in [9.17, 15) is 28.0 Å². The number of nitriles is 1. The molecule has 3 rings (SSSR count). The molecular formula is C23H18F3N3O4. The molecule has 0 aliphatic heterocycles. The Morgan fingerprint density at radius 3 is 2.42 bits per heavy atom. The number of ether oxygens (including phenoxy) is 1. The fraction of sp³-hybridized carbons (Fsp3) is 0.174. The number of carboxylic acids is 1. The minimum Gasteiger partial charge on any atom is -0.480 e. The summed E-state index contributed by atoms with van der Waals surface area (Å²) in [5.41, 5.74) is 1.18. The second-order valence-electron chi connectivity index (χ2n) is 6.88. The molecule has 0 saturated heterocycles. The first-order chi connectivity index (χ1) is 15.6. The Kier molecular flexibility index (Phi) is 6.72. The Balaban J connectivity index is 1.95. The molecule has 1 aromatic heterocycles. The average molecular weight is 457 g/mol. The number of likely N-dealkylation sites (N-methyl/N-ethyl adjacent to an activating group) is 1. The molecule has 0 aliphatic carbocycles. The number of nitrogens with zero attached hydrogens (tertiary/aromatic N) is 3. The number of carbonyl (C=O) groups excluding carboxylic acids is 1. The van der Waals surface area contributed by atoms with E-state index >= 15 is 0 Å². The number of hydrogen-bond donors (Lipinski definition) is 1. The monoisotopic (exact) mass is 457 g/mol. The number of fused-ring (bicyclic) bond motifs is 1. The van der Waals surface area contributed by atoms with E-state index in [-0.39, 0.29) is 24.4 Å². The van der Waals surface area contributed by atoms with Crippen molar-refractivity contribution in [1.29, 1.82) is 5.26 Å². The molecule has 7 nitrogen and oxygen atoms in total. The highest BCUT2D eigenvalue weighted by Gasteiger charge is 2.31. The summed E-state index contributed by atoms with van der Waals surface area (Å²) in [6.45, 7) is 1.52. The summed E-state index contributed by atoms with van der Waals surface area (Å²) >= 11 is 0. The summed E-state index contributed by atoms with van der Waals surface area (Å²) in [4.78, 5) is 25.5. The van der Waals surface area contributed by atoms with Crippen molar-refractivity contribution in [2.75, 3.05) is 11.4 Å². The van der Waals surface area contributed by atoms with Crippen molar-refractivity contribution in [2.24, 2.45) is 0 Å². The molecule has 0 spiro atoms. The lowest BCUT2D eigenvalue weighted by atomic mass is 10.1. The quantitative estimate of drug-likeness (QED) is 0.414. The van der Waals surface area contributed by atoms with Gasteiger partial charge in [0.25, 0.3) is 5.91 Å². The first kappa shape index (κ1) is 23.4. The van der Waals surface area contributed by atoms with E-state index in [0.29, 0.717) is 16.5 Å².